The van der Waals surface area contributed by atoms with Crippen LogP contribution in [0.4, 0.5) is 4.79 Å². The highest BCUT2D eigenvalue weighted by Gasteiger charge is 2.29. The van der Waals surface area contributed by atoms with Crippen LogP contribution in [0, 0.1) is 0 Å². The molecule has 1 saturated heterocycles. The minimum atomic E-state index is -0.909. The van der Waals surface area contributed by atoms with Gasteiger partial charge in [-0.2, -0.15) is 0 Å². The molecule has 1 heterocycles. The summed E-state index contributed by atoms with van der Waals surface area (Å²) in [6, 6.07) is 9.30. The summed E-state index contributed by atoms with van der Waals surface area (Å²) in [6.07, 6.45) is 0.392. The van der Waals surface area contributed by atoms with Gasteiger partial charge >= 0.3 is 6.09 Å². The third-order valence-electron chi connectivity index (χ3n) is 2.46. The van der Waals surface area contributed by atoms with Gasteiger partial charge in [0.05, 0.1) is 0 Å². The highest BCUT2D eigenvalue weighted by atomic mass is 16.5. The van der Waals surface area contributed by atoms with Crippen molar-refractivity contribution >= 4 is 6.09 Å². The lowest BCUT2D eigenvalue weighted by atomic mass is 10.3. The van der Waals surface area contributed by atoms with E-state index in [0.29, 0.717) is 6.54 Å². The number of ether oxygens (including phenoxy) is 1. The predicted molar refractivity (Wildman–Crippen MR) is 54.8 cm³/mol. The van der Waals surface area contributed by atoms with Gasteiger partial charge < -0.3 is 9.84 Å². The van der Waals surface area contributed by atoms with E-state index in [1.165, 1.54) is 4.90 Å². The maximum absolute atomic E-state index is 10.8. The van der Waals surface area contributed by atoms with Crippen LogP contribution in [-0.4, -0.2) is 28.9 Å². The second kappa shape index (κ2) is 4.21. The van der Waals surface area contributed by atoms with Gasteiger partial charge in [-0.3, -0.25) is 4.90 Å². The summed E-state index contributed by atoms with van der Waals surface area (Å²) in [4.78, 5) is 12.2. The molecule has 0 aliphatic carbocycles. The fraction of sp³-hybridized carbons (Fsp3) is 0.364. The number of hydrogen-bond acceptors (Lipinski definition) is 2. The van der Waals surface area contributed by atoms with E-state index in [0.717, 1.165) is 18.6 Å². The highest BCUT2D eigenvalue weighted by Crippen LogP contribution is 2.21. The lowest BCUT2D eigenvalue weighted by Crippen LogP contribution is -2.37. The summed E-state index contributed by atoms with van der Waals surface area (Å²) in [6.45, 7) is 0.562. The molecule has 15 heavy (non-hydrogen) atoms. The first-order valence-corrected chi connectivity index (χ1v) is 4.98. The molecule has 2 rings (SSSR count). The topological polar surface area (TPSA) is 49.8 Å². The molecule has 1 aromatic carbocycles. The van der Waals surface area contributed by atoms with E-state index in [1.54, 1.807) is 0 Å². The van der Waals surface area contributed by atoms with Crippen LogP contribution in [0.2, 0.25) is 0 Å². The standard InChI is InChI=1S/C11H13NO3/c13-11(14)12-8-4-7-10(12)15-9-5-2-1-3-6-9/h1-3,5-6,10H,4,7-8H2,(H,13,14). The number of benzene rings is 1. The van der Waals surface area contributed by atoms with Gasteiger partial charge in [-0.05, 0) is 18.6 Å². The summed E-state index contributed by atoms with van der Waals surface area (Å²) in [5.74, 6) is 0.718. The number of rotatable bonds is 2. The van der Waals surface area contributed by atoms with Gasteiger partial charge in [-0.25, -0.2) is 4.79 Å². The van der Waals surface area contributed by atoms with Gasteiger partial charge in [0.2, 0.25) is 0 Å². The van der Waals surface area contributed by atoms with Gasteiger partial charge in [0.1, 0.15) is 5.75 Å². The summed E-state index contributed by atoms with van der Waals surface area (Å²) in [7, 11) is 0. The molecule has 1 aliphatic rings. The van der Waals surface area contributed by atoms with Crippen molar-refractivity contribution in [2.75, 3.05) is 6.54 Å². The Bertz CT molecular complexity index is 339. The average Bonchev–Trinajstić information content (AvgIpc) is 2.67. The Morgan fingerprint density at radius 3 is 2.80 bits per heavy atom. The third kappa shape index (κ3) is 2.21. The predicted octanol–water partition coefficient (Wildman–Crippen LogP) is 2.17. The lowest BCUT2D eigenvalue weighted by molar-refractivity contribution is 0.0580. The second-order valence-corrected chi connectivity index (χ2v) is 3.50. The molecule has 1 amide bonds. The van der Waals surface area contributed by atoms with Crippen LogP contribution in [-0.2, 0) is 0 Å². The van der Waals surface area contributed by atoms with Crippen LogP contribution >= 0.6 is 0 Å². The Kier molecular flexibility index (Phi) is 2.76. The van der Waals surface area contributed by atoms with Crippen LogP contribution in [0.3, 0.4) is 0 Å². The van der Waals surface area contributed by atoms with E-state index in [9.17, 15) is 4.79 Å². The highest BCUT2D eigenvalue weighted by molar-refractivity contribution is 5.65. The Morgan fingerprint density at radius 1 is 1.40 bits per heavy atom. The minimum absolute atomic E-state index is 0.329. The zero-order chi connectivity index (χ0) is 10.7. The normalized spacial score (nSPS) is 20.3. The monoisotopic (exact) mass is 207 g/mol. The molecule has 4 heteroatoms. The van der Waals surface area contributed by atoms with Crippen LogP contribution in [0.1, 0.15) is 12.8 Å². The van der Waals surface area contributed by atoms with Crippen molar-refractivity contribution in [3.05, 3.63) is 30.3 Å². The van der Waals surface area contributed by atoms with Gasteiger partial charge in [0.25, 0.3) is 0 Å². The Balaban J connectivity index is 2.03. The summed E-state index contributed by atoms with van der Waals surface area (Å²) >= 11 is 0. The van der Waals surface area contributed by atoms with Gasteiger partial charge in [0.15, 0.2) is 6.23 Å². The molecule has 1 fully saturated rings. The fourth-order valence-electron chi connectivity index (χ4n) is 1.73. The smallest absolute Gasteiger partial charge is 0.410 e. The number of amides is 1. The molecule has 4 nitrogen and oxygen atoms in total. The van der Waals surface area contributed by atoms with E-state index in [1.807, 2.05) is 30.3 Å². The number of nitrogens with zero attached hydrogens (tertiary/aromatic N) is 1. The molecular formula is C11H13NO3. The first-order valence-electron chi connectivity index (χ1n) is 4.98. The minimum Gasteiger partial charge on any atom is -0.470 e. The number of para-hydroxylation sites is 1. The summed E-state index contributed by atoms with van der Waals surface area (Å²) in [5.41, 5.74) is 0. The van der Waals surface area contributed by atoms with Crippen LogP contribution in [0.5, 0.6) is 5.75 Å². The molecular weight excluding hydrogens is 194 g/mol. The van der Waals surface area contributed by atoms with Gasteiger partial charge in [-0.15, -0.1) is 0 Å². The quantitative estimate of drug-likeness (QED) is 0.808. The number of carbonyl (C=O) groups is 1. The van der Waals surface area contributed by atoms with E-state index < -0.39 is 6.09 Å². The molecule has 1 unspecified atom stereocenters. The fourth-order valence-corrected chi connectivity index (χ4v) is 1.73. The van der Waals surface area contributed by atoms with Crippen molar-refractivity contribution in [2.24, 2.45) is 0 Å². The zero-order valence-corrected chi connectivity index (χ0v) is 8.30. The largest absolute Gasteiger partial charge is 0.470 e. The molecule has 0 spiro atoms. The van der Waals surface area contributed by atoms with Crippen molar-refractivity contribution in [1.29, 1.82) is 0 Å². The summed E-state index contributed by atoms with van der Waals surface area (Å²) < 4.78 is 5.59. The zero-order valence-electron chi connectivity index (χ0n) is 8.30. The maximum atomic E-state index is 10.8. The third-order valence-corrected chi connectivity index (χ3v) is 2.46. The molecule has 80 valence electrons. The van der Waals surface area contributed by atoms with Crippen molar-refractivity contribution in [1.82, 2.24) is 4.90 Å². The Hall–Kier alpha value is -1.71. The number of likely N-dealkylation sites (tertiary alicyclic amines) is 1. The van der Waals surface area contributed by atoms with E-state index in [2.05, 4.69) is 0 Å². The first kappa shape index (κ1) is 9.83. The van der Waals surface area contributed by atoms with Crippen molar-refractivity contribution in [3.8, 4) is 5.75 Å². The second-order valence-electron chi connectivity index (χ2n) is 3.50. The molecule has 1 aromatic rings. The molecule has 1 atom stereocenters. The Morgan fingerprint density at radius 2 is 2.13 bits per heavy atom. The van der Waals surface area contributed by atoms with Crippen LogP contribution in [0.15, 0.2) is 30.3 Å². The average molecular weight is 207 g/mol. The SMILES string of the molecule is O=C(O)N1CCCC1Oc1ccccc1. The van der Waals surface area contributed by atoms with Crippen LogP contribution in [0.25, 0.3) is 0 Å². The molecule has 0 bridgehead atoms. The first-order chi connectivity index (χ1) is 7.27. The summed E-state index contributed by atoms with van der Waals surface area (Å²) in [5, 5.41) is 8.91. The van der Waals surface area contributed by atoms with Gasteiger partial charge in [0, 0.05) is 13.0 Å². The van der Waals surface area contributed by atoms with Crippen LogP contribution < -0.4 is 4.74 Å². The molecule has 0 radical (unpaired) electrons. The number of hydrogen-bond donors (Lipinski definition) is 1. The maximum Gasteiger partial charge on any atom is 0.410 e. The van der Waals surface area contributed by atoms with E-state index >= 15 is 0 Å². The van der Waals surface area contributed by atoms with Gasteiger partial charge in [-0.1, -0.05) is 18.2 Å². The lowest BCUT2D eigenvalue weighted by Gasteiger charge is -2.22. The molecule has 0 aromatic heterocycles. The number of carboxylic acid groups (broad SMARTS) is 1. The van der Waals surface area contributed by atoms with Crippen molar-refractivity contribution < 1.29 is 14.6 Å². The van der Waals surface area contributed by atoms with E-state index in [4.69, 9.17) is 9.84 Å². The van der Waals surface area contributed by atoms with E-state index in [-0.39, 0.29) is 6.23 Å². The molecule has 0 saturated carbocycles. The molecule has 1 aliphatic heterocycles. The van der Waals surface area contributed by atoms with Crippen molar-refractivity contribution in [2.45, 2.75) is 19.1 Å². The molecule has 1 N–H and O–H groups in total. The Labute approximate surface area is 88.1 Å². The van der Waals surface area contributed by atoms with Crippen molar-refractivity contribution in [3.63, 3.8) is 0 Å².